The van der Waals surface area contributed by atoms with E-state index in [9.17, 15) is 13.6 Å². The number of halogens is 3. The van der Waals surface area contributed by atoms with Crippen molar-refractivity contribution in [2.45, 2.75) is 0 Å². The molecule has 7 heteroatoms. The van der Waals surface area contributed by atoms with Gasteiger partial charge < -0.3 is 11.1 Å². The molecule has 0 bridgehead atoms. The number of pyridine rings is 1. The van der Waals surface area contributed by atoms with Crippen LogP contribution in [0.3, 0.4) is 0 Å². The van der Waals surface area contributed by atoms with Gasteiger partial charge in [-0.25, -0.2) is 13.8 Å². The van der Waals surface area contributed by atoms with Crippen LogP contribution in [0.15, 0.2) is 34.8 Å². The van der Waals surface area contributed by atoms with Crippen molar-refractivity contribution in [3.63, 3.8) is 0 Å². The predicted octanol–water partition coefficient (Wildman–Crippen LogP) is 2.96. The molecule has 0 aliphatic carbocycles. The average molecular weight is 328 g/mol. The minimum Gasteiger partial charge on any atom is -0.384 e. The molecule has 2 rings (SSSR count). The Bertz CT molecular complexity index is 649. The van der Waals surface area contributed by atoms with Crippen molar-refractivity contribution in [1.82, 2.24) is 4.98 Å². The number of rotatable bonds is 2. The van der Waals surface area contributed by atoms with E-state index in [2.05, 4.69) is 26.2 Å². The van der Waals surface area contributed by atoms with E-state index in [1.807, 2.05) is 0 Å². The third-order valence-corrected chi connectivity index (χ3v) is 2.87. The lowest BCUT2D eigenvalue weighted by Gasteiger charge is -2.07. The zero-order valence-electron chi connectivity index (χ0n) is 9.45. The summed E-state index contributed by atoms with van der Waals surface area (Å²) in [4.78, 5) is 15.6. The van der Waals surface area contributed by atoms with E-state index in [0.29, 0.717) is 6.07 Å². The number of carbonyl (C=O) groups is 1. The van der Waals surface area contributed by atoms with Crippen LogP contribution in [0, 0.1) is 11.6 Å². The Kier molecular flexibility index (Phi) is 3.75. The molecule has 0 saturated carbocycles. The molecule has 0 spiro atoms. The minimum atomic E-state index is -0.877. The van der Waals surface area contributed by atoms with Crippen molar-refractivity contribution in [3.05, 3.63) is 52.1 Å². The van der Waals surface area contributed by atoms with Crippen LogP contribution >= 0.6 is 15.9 Å². The van der Waals surface area contributed by atoms with Crippen molar-refractivity contribution in [2.24, 2.45) is 0 Å². The second-order valence-electron chi connectivity index (χ2n) is 3.65. The predicted molar refractivity (Wildman–Crippen MR) is 70.7 cm³/mol. The molecule has 0 unspecified atom stereocenters. The van der Waals surface area contributed by atoms with Crippen molar-refractivity contribution in [1.29, 1.82) is 0 Å². The maximum atomic E-state index is 13.5. The maximum absolute atomic E-state index is 13.5. The molecule has 0 radical (unpaired) electrons. The van der Waals surface area contributed by atoms with Gasteiger partial charge in [0, 0.05) is 6.07 Å². The third kappa shape index (κ3) is 3.05. The van der Waals surface area contributed by atoms with Gasteiger partial charge in [-0.1, -0.05) is 6.07 Å². The average Bonchev–Trinajstić information content (AvgIpc) is 2.36. The highest BCUT2D eigenvalue weighted by molar-refractivity contribution is 9.10. The molecule has 3 N–H and O–H groups in total. The van der Waals surface area contributed by atoms with E-state index < -0.39 is 17.5 Å². The number of amides is 1. The van der Waals surface area contributed by atoms with E-state index in [1.54, 1.807) is 6.07 Å². The highest BCUT2D eigenvalue weighted by Crippen LogP contribution is 2.24. The summed E-state index contributed by atoms with van der Waals surface area (Å²) in [5.74, 6) is -2.09. The lowest BCUT2D eigenvalue weighted by molar-refractivity contribution is 0.102. The van der Waals surface area contributed by atoms with Gasteiger partial charge in [-0.15, -0.1) is 0 Å². The standard InChI is InChI=1S/C12H8BrF2N3O/c13-6-4-10(8(15)5-7(6)14)18-12(19)9-2-1-3-11(16)17-9/h1-5H,(H2,16,17)(H,18,19). The summed E-state index contributed by atoms with van der Waals surface area (Å²) in [6.45, 7) is 0. The number of nitrogens with two attached hydrogens (primary N) is 1. The van der Waals surface area contributed by atoms with Crippen molar-refractivity contribution in [3.8, 4) is 0 Å². The molecule has 2 aromatic rings. The van der Waals surface area contributed by atoms with Gasteiger partial charge in [0.15, 0.2) is 0 Å². The van der Waals surface area contributed by atoms with Gasteiger partial charge in [-0.05, 0) is 34.1 Å². The first kappa shape index (κ1) is 13.4. The Labute approximate surface area is 115 Å². The minimum absolute atomic E-state index is 0.0415. The Morgan fingerprint density at radius 1 is 1.26 bits per heavy atom. The first-order valence-corrected chi connectivity index (χ1v) is 5.95. The van der Waals surface area contributed by atoms with Crippen molar-refractivity contribution >= 4 is 33.3 Å². The van der Waals surface area contributed by atoms with Gasteiger partial charge in [0.2, 0.25) is 0 Å². The van der Waals surface area contributed by atoms with Crippen LogP contribution in [0.5, 0.6) is 0 Å². The molecular formula is C12H8BrF2N3O. The topological polar surface area (TPSA) is 68.0 Å². The number of nitrogens with one attached hydrogen (secondary N) is 1. The van der Waals surface area contributed by atoms with Crippen LogP contribution in [0.2, 0.25) is 0 Å². The quantitative estimate of drug-likeness (QED) is 0.833. The molecule has 4 nitrogen and oxygen atoms in total. The Balaban J connectivity index is 2.27. The summed E-state index contributed by atoms with van der Waals surface area (Å²) >= 11 is 2.91. The number of hydrogen-bond acceptors (Lipinski definition) is 3. The molecular weight excluding hydrogens is 320 g/mol. The molecule has 1 heterocycles. The Morgan fingerprint density at radius 3 is 2.68 bits per heavy atom. The van der Waals surface area contributed by atoms with E-state index in [1.165, 1.54) is 12.1 Å². The first-order chi connectivity index (χ1) is 8.97. The molecule has 1 aromatic carbocycles. The number of carbonyl (C=O) groups excluding carboxylic acids is 1. The molecule has 1 amide bonds. The molecule has 19 heavy (non-hydrogen) atoms. The third-order valence-electron chi connectivity index (χ3n) is 2.26. The van der Waals surface area contributed by atoms with Crippen LogP contribution in [-0.4, -0.2) is 10.9 Å². The normalized spacial score (nSPS) is 10.3. The number of nitrogen functional groups attached to an aromatic ring is 1. The molecule has 0 aliphatic heterocycles. The van der Waals surface area contributed by atoms with Gasteiger partial charge >= 0.3 is 0 Å². The smallest absolute Gasteiger partial charge is 0.274 e. The largest absolute Gasteiger partial charge is 0.384 e. The van der Waals surface area contributed by atoms with Gasteiger partial charge in [-0.3, -0.25) is 4.79 Å². The van der Waals surface area contributed by atoms with E-state index in [0.717, 1.165) is 6.07 Å². The molecule has 98 valence electrons. The fourth-order valence-corrected chi connectivity index (χ4v) is 1.73. The van der Waals surface area contributed by atoms with Crippen LogP contribution in [0.4, 0.5) is 20.3 Å². The van der Waals surface area contributed by atoms with Crippen LogP contribution in [-0.2, 0) is 0 Å². The van der Waals surface area contributed by atoms with Crippen LogP contribution in [0.25, 0.3) is 0 Å². The molecule has 0 aliphatic rings. The number of anilines is 2. The van der Waals surface area contributed by atoms with E-state index in [-0.39, 0.29) is 21.7 Å². The van der Waals surface area contributed by atoms with E-state index >= 15 is 0 Å². The number of nitrogens with zero attached hydrogens (tertiary/aromatic N) is 1. The lowest BCUT2D eigenvalue weighted by atomic mass is 10.2. The zero-order valence-corrected chi connectivity index (χ0v) is 11.0. The highest BCUT2D eigenvalue weighted by Gasteiger charge is 2.13. The lowest BCUT2D eigenvalue weighted by Crippen LogP contribution is -2.15. The fraction of sp³-hybridized carbons (Fsp3) is 0. The van der Waals surface area contributed by atoms with Crippen LogP contribution < -0.4 is 11.1 Å². The number of aromatic nitrogens is 1. The van der Waals surface area contributed by atoms with E-state index in [4.69, 9.17) is 5.73 Å². The second-order valence-corrected chi connectivity index (χ2v) is 4.50. The Morgan fingerprint density at radius 2 is 2.00 bits per heavy atom. The molecule has 0 fully saturated rings. The summed E-state index contributed by atoms with van der Waals surface area (Å²) in [7, 11) is 0. The van der Waals surface area contributed by atoms with Crippen LogP contribution in [0.1, 0.15) is 10.5 Å². The summed E-state index contributed by atoms with van der Waals surface area (Å²) in [5.41, 5.74) is 5.33. The van der Waals surface area contributed by atoms with Crippen molar-refractivity contribution in [2.75, 3.05) is 11.1 Å². The second kappa shape index (κ2) is 5.31. The maximum Gasteiger partial charge on any atom is 0.274 e. The zero-order chi connectivity index (χ0) is 14.0. The SMILES string of the molecule is Nc1cccc(C(=O)Nc2cc(Br)c(F)cc2F)n1. The first-order valence-electron chi connectivity index (χ1n) is 5.16. The van der Waals surface area contributed by atoms with Gasteiger partial charge in [0.25, 0.3) is 5.91 Å². The summed E-state index contributed by atoms with van der Waals surface area (Å²) in [5, 5.41) is 2.29. The Hall–Kier alpha value is -2.02. The molecule has 0 atom stereocenters. The molecule has 1 aromatic heterocycles. The van der Waals surface area contributed by atoms with Gasteiger partial charge in [-0.2, -0.15) is 0 Å². The summed E-state index contributed by atoms with van der Waals surface area (Å²) < 4.78 is 26.6. The number of benzene rings is 1. The number of hydrogen-bond donors (Lipinski definition) is 2. The summed E-state index contributed by atoms with van der Waals surface area (Å²) in [6, 6.07) is 6.31. The van der Waals surface area contributed by atoms with Crippen molar-refractivity contribution < 1.29 is 13.6 Å². The highest BCUT2D eigenvalue weighted by atomic mass is 79.9. The molecule has 0 saturated heterocycles. The van der Waals surface area contributed by atoms with Gasteiger partial charge in [0.05, 0.1) is 10.2 Å². The van der Waals surface area contributed by atoms with Gasteiger partial charge in [0.1, 0.15) is 23.1 Å². The summed E-state index contributed by atoms with van der Waals surface area (Å²) in [6.07, 6.45) is 0. The fourth-order valence-electron chi connectivity index (χ4n) is 1.38. The monoisotopic (exact) mass is 327 g/mol.